The van der Waals surface area contributed by atoms with E-state index in [-0.39, 0.29) is 0 Å². The number of halogens is 1. The third-order valence-corrected chi connectivity index (χ3v) is 4.87. The minimum Gasteiger partial charge on any atom is -0.306 e. The molecule has 0 aliphatic heterocycles. The van der Waals surface area contributed by atoms with Crippen LogP contribution in [-0.2, 0) is 12.8 Å². The van der Waals surface area contributed by atoms with Gasteiger partial charge in [-0.15, -0.1) is 11.6 Å². The van der Waals surface area contributed by atoms with E-state index in [1.54, 1.807) is 0 Å². The van der Waals surface area contributed by atoms with Gasteiger partial charge >= 0.3 is 0 Å². The van der Waals surface area contributed by atoms with E-state index in [1.165, 1.54) is 34.0 Å². The monoisotopic (exact) mass is 343 g/mol. The Morgan fingerprint density at radius 1 is 1.17 bits per heavy atom. The van der Waals surface area contributed by atoms with Crippen molar-refractivity contribution >= 4 is 28.0 Å². The molecule has 4 heteroatoms. The van der Waals surface area contributed by atoms with Crippen LogP contribution >= 0.6 is 11.6 Å². The van der Waals surface area contributed by atoms with Gasteiger partial charge in [0.25, 0.3) is 0 Å². The zero-order valence-electron chi connectivity index (χ0n) is 14.8. The predicted molar refractivity (Wildman–Crippen MR) is 103 cm³/mol. The quantitative estimate of drug-likeness (QED) is 0.590. The van der Waals surface area contributed by atoms with Gasteiger partial charge in [0, 0.05) is 30.4 Å². The molecular weight excluding hydrogens is 318 g/mol. The number of benzene rings is 1. The van der Waals surface area contributed by atoms with Crippen molar-refractivity contribution in [2.75, 3.05) is 26.0 Å². The topological polar surface area (TPSA) is 20.5 Å². The number of aryl methyl sites for hydroxylation is 2. The molecule has 2 heterocycles. The fourth-order valence-electron chi connectivity index (χ4n) is 3.59. The van der Waals surface area contributed by atoms with Gasteiger partial charge in [0.1, 0.15) is 5.82 Å². The van der Waals surface area contributed by atoms with Crippen molar-refractivity contribution in [3.8, 4) is 0 Å². The Morgan fingerprint density at radius 3 is 2.71 bits per heavy atom. The van der Waals surface area contributed by atoms with Gasteiger partial charge in [0.15, 0.2) is 0 Å². The molecule has 2 aromatic heterocycles. The number of aromatic nitrogens is 2. The second kappa shape index (κ2) is 7.54. The van der Waals surface area contributed by atoms with Gasteiger partial charge in [0.2, 0.25) is 0 Å². The fraction of sp³-hybridized carbons (Fsp3) is 0.450. The summed E-state index contributed by atoms with van der Waals surface area (Å²) >= 11 is 6.09. The number of hydrogen-bond donors (Lipinski definition) is 0. The Morgan fingerprint density at radius 2 is 1.96 bits per heavy atom. The normalized spacial score (nSPS) is 11.9. The number of alkyl halides is 1. The molecular formula is C20H26ClN3. The highest BCUT2D eigenvalue weighted by molar-refractivity contribution is 6.18. The number of fused-ring (bicyclic) bond motifs is 3. The number of nitrogens with zero attached hydrogens (tertiary/aromatic N) is 3. The summed E-state index contributed by atoms with van der Waals surface area (Å²) in [4.78, 5) is 7.14. The smallest absolute Gasteiger partial charge is 0.114 e. The summed E-state index contributed by atoms with van der Waals surface area (Å²) in [6.45, 7) is 6.51. The van der Waals surface area contributed by atoms with E-state index < -0.39 is 0 Å². The van der Waals surface area contributed by atoms with Gasteiger partial charge in [-0.3, -0.25) is 4.40 Å². The van der Waals surface area contributed by atoms with Crippen LogP contribution in [-0.4, -0.2) is 40.3 Å². The molecule has 0 radical (unpaired) electrons. The molecule has 3 aromatic rings. The van der Waals surface area contributed by atoms with Gasteiger partial charge in [-0.25, -0.2) is 4.98 Å². The number of likely N-dealkylation sites (N-methyl/N-ethyl adjacent to an activating group) is 1. The lowest BCUT2D eigenvalue weighted by Gasteiger charge is -2.16. The Bertz CT molecular complexity index is 838. The number of para-hydroxylation sites is 1. The molecule has 0 amide bonds. The molecule has 128 valence electrons. The van der Waals surface area contributed by atoms with Crippen molar-refractivity contribution in [2.24, 2.45) is 0 Å². The van der Waals surface area contributed by atoms with Gasteiger partial charge in [-0.1, -0.05) is 25.1 Å². The first kappa shape index (κ1) is 17.2. The Balaban J connectivity index is 2.14. The highest BCUT2D eigenvalue weighted by Gasteiger charge is 2.16. The van der Waals surface area contributed by atoms with Crippen molar-refractivity contribution in [1.29, 1.82) is 0 Å². The summed E-state index contributed by atoms with van der Waals surface area (Å²) in [5.74, 6) is 1.77. The average molecular weight is 344 g/mol. The highest BCUT2D eigenvalue weighted by atomic mass is 35.5. The summed E-state index contributed by atoms with van der Waals surface area (Å²) in [6, 6.07) is 8.61. The van der Waals surface area contributed by atoms with E-state index in [4.69, 9.17) is 16.6 Å². The Hall–Kier alpha value is -1.58. The van der Waals surface area contributed by atoms with Crippen molar-refractivity contribution in [3.63, 3.8) is 0 Å². The van der Waals surface area contributed by atoms with Crippen molar-refractivity contribution in [1.82, 2.24) is 14.3 Å². The SMILES string of the molecule is CCCN(C)CCc1ncc(C)c2c(CCCl)c3ccccc3n12. The molecule has 0 saturated carbocycles. The molecule has 0 fully saturated rings. The second-order valence-corrected chi connectivity index (χ2v) is 6.91. The Kier molecular flexibility index (Phi) is 5.42. The lowest BCUT2D eigenvalue weighted by atomic mass is 10.1. The third kappa shape index (κ3) is 3.15. The van der Waals surface area contributed by atoms with E-state index in [1.807, 2.05) is 6.20 Å². The van der Waals surface area contributed by atoms with Crippen LogP contribution in [0, 0.1) is 6.92 Å². The molecule has 3 rings (SSSR count). The van der Waals surface area contributed by atoms with Crippen LogP contribution in [0.2, 0.25) is 0 Å². The first-order valence-corrected chi connectivity index (χ1v) is 9.31. The zero-order chi connectivity index (χ0) is 17.1. The lowest BCUT2D eigenvalue weighted by molar-refractivity contribution is 0.336. The molecule has 0 N–H and O–H groups in total. The summed E-state index contributed by atoms with van der Waals surface area (Å²) in [5.41, 5.74) is 5.11. The third-order valence-electron chi connectivity index (χ3n) is 4.69. The number of hydrogen-bond acceptors (Lipinski definition) is 2. The molecule has 0 saturated heterocycles. The standard InChI is InChI=1S/C20H26ClN3/c1-4-12-23(3)13-10-19-22-14-15(2)20-17(9-11-21)16-7-5-6-8-18(16)24(19)20/h5-8,14H,4,9-13H2,1-3H3. The minimum absolute atomic E-state index is 0.639. The molecule has 0 spiro atoms. The summed E-state index contributed by atoms with van der Waals surface area (Å²) in [6.07, 6.45) is 5.03. The highest BCUT2D eigenvalue weighted by Crippen LogP contribution is 2.30. The first-order chi connectivity index (χ1) is 11.7. The van der Waals surface area contributed by atoms with Crippen LogP contribution in [0.3, 0.4) is 0 Å². The molecule has 24 heavy (non-hydrogen) atoms. The molecule has 0 aliphatic carbocycles. The maximum Gasteiger partial charge on any atom is 0.114 e. The van der Waals surface area contributed by atoms with E-state index in [0.717, 1.165) is 31.8 Å². The minimum atomic E-state index is 0.639. The van der Waals surface area contributed by atoms with Gasteiger partial charge in [-0.2, -0.15) is 0 Å². The van der Waals surface area contributed by atoms with Crippen molar-refractivity contribution < 1.29 is 0 Å². The van der Waals surface area contributed by atoms with E-state index in [9.17, 15) is 0 Å². The maximum absolute atomic E-state index is 6.09. The molecule has 3 nitrogen and oxygen atoms in total. The summed E-state index contributed by atoms with van der Waals surface area (Å²) in [7, 11) is 2.18. The summed E-state index contributed by atoms with van der Waals surface area (Å²) < 4.78 is 2.35. The van der Waals surface area contributed by atoms with Crippen LogP contribution in [0.15, 0.2) is 30.5 Å². The average Bonchev–Trinajstić information content (AvgIpc) is 2.91. The largest absolute Gasteiger partial charge is 0.306 e. The van der Waals surface area contributed by atoms with Crippen LogP contribution in [0.1, 0.15) is 30.3 Å². The van der Waals surface area contributed by atoms with E-state index in [2.05, 4.69) is 54.5 Å². The molecule has 0 unspecified atom stereocenters. The summed E-state index contributed by atoms with van der Waals surface area (Å²) in [5, 5.41) is 1.30. The molecule has 0 aliphatic rings. The van der Waals surface area contributed by atoms with Crippen molar-refractivity contribution in [2.45, 2.75) is 33.1 Å². The predicted octanol–water partition coefficient (Wildman–Crippen LogP) is 4.46. The van der Waals surface area contributed by atoms with Gasteiger partial charge in [0.05, 0.1) is 11.0 Å². The molecule has 0 bridgehead atoms. The van der Waals surface area contributed by atoms with Crippen LogP contribution in [0.25, 0.3) is 16.4 Å². The second-order valence-electron chi connectivity index (χ2n) is 6.53. The fourth-order valence-corrected chi connectivity index (χ4v) is 3.78. The van der Waals surface area contributed by atoms with Gasteiger partial charge in [-0.05, 0) is 50.6 Å². The first-order valence-electron chi connectivity index (χ1n) is 8.78. The lowest BCUT2D eigenvalue weighted by Crippen LogP contribution is -2.23. The van der Waals surface area contributed by atoms with Crippen molar-refractivity contribution in [3.05, 3.63) is 47.4 Å². The van der Waals surface area contributed by atoms with E-state index in [0.29, 0.717) is 5.88 Å². The maximum atomic E-state index is 6.09. The van der Waals surface area contributed by atoms with Crippen LogP contribution in [0.5, 0.6) is 0 Å². The number of rotatable bonds is 7. The van der Waals surface area contributed by atoms with Crippen LogP contribution < -0.4 is 0 Å². The van der Waals surface area contributed by atoms with Crippen LogP contribution in [0.4, 0.5) is 0 Å². The van der Waals surface area contributed by atoms with Gasteiger partial charge < -0.3 is 4.90 Å². The Labute approximate surface area is 149 Å². The molecule has 0 atom stereocenters. The van der Waals surface area contributed by atoms with E-state index >= 15 is 0 Å². The molecule has 1 aromatic carbocycles. The zero-order valence-corrected chi connectivity index (χ0v) is 15.6.